The Morgan fingerprint density at radius 3 is 2.39 bits per heavy atom. The van der Waals surface area contributed by atoms with Crippen LogP contribution >= 0.6 is 11.3 Å². The Bertz CT molecular complexity index is 739. The molecule has 0 aliphatic carbocycles. The van der Waals surface area contributed by atoms with Crippen LogP contribution < -0.4 is 24.8 Å². The lowest BCUT2D eigenvalue weighted by Gasteiger charge is -2.35. The number of guanidine groups is 1. The van der Waals surface area contributed by atoms with Gasteiger partial charge >= 0.3 is 0 Å². The van der Waals surface area contributed by atoms with Crippen LogP contribution in [0.2, 0.25) is 0 Å². The van der Waals surface area contributed by atoms with Crippen molar-refractivity contribution >= 4 is 22.4 Å². The van der Waals surface area contributed by atoms with Gasteiger partial charge < -0.3 is 29.7 Å². The highest BCUT2D eigenvalue weighted by atomic mass is 32.1. The van der Waals surface area contributed by atoms with Gasteiger partial charge in [0.05, 0.1) is 20.8 Å². The molecule has 0 bridgehead atoms. The van der Waals surface area contributed by atoms with Crippen molar-refractivity contribution < 1.29 is 14.2 Å². The number of nitrogens with zero attached hydrogens (tertiary/aromatic N) is 4. The third-order valence-electron chi connectivity index (χ3n) is 4.46. The number of thiazole rings is 1. The number of methoxy groups -OCH3 is 2. The van der Waals surface area contributed by atoms with E-state index in [4.69, 9.17) is 19.9 Å². The molecule has 1 aromatic heterocycles. The molecule has 0 atom stereocenters. The molecule has 0 amide bonds. The molecular weight excluding hydrogens is 378 g/mol. The van der Waals surface area contributed by atoms with Crippen LogP contribution in [0.4, 0.5) is 5.13 Å². The molecule has 1 aromatic carbocycles. The quantitative estimate of drug-likeness (QED) is 0.409. The number of hydrogen-bond acceptors (Lipinski definition) is 7. The Hall–Kier alpha value is -2.68. The van der Waals surface area contributed by atoms with Crippen molar-refractivity contribution in [3.8, 4) is 17.2 Å². The molecule has 0 saturated carbocycles. The summed E-state index contributed by atoms with van der Waals surface area (Å²) in [4.78, 5) is 13.3. The zero-order valence-corrected chi connectivity index (χ0v) is 17.2. The first-order valence-corrected chi connectivity index (χ1v) is 10.1. The van der Waals surface area contributed by atoms with E-state index in [2.05, 4.69) is 19.8 Å². The van der Waals surface area contributed by atoms with E-state index in [-0.39, 0.29) is 0 Å². The van der Waals surface area contributed by atoms with Gasteiger partial charge in [0.15, 0.2) is 11.1 Å². The SMILES string of the molecule is COc1cc(OC)cc(OCCCN=C(N)N2CCN(c3nccs3)CC2)c1. The summed E-state index contributed by atoms with van der Waals surface area (Å²) in [7, 11) is 3.24. The highest BCUT2D eigenvalue weighted by molar-refractivity contribution is 7.13. The van der Waals surface area contributed by atoms with Crippen molar-refractivity contribution in [1.82, 2.24) is 9.88 Å². The molecule has 3 rings (SSSR count). The van der Waals surface area contributed by atoms with Crippen molar-refractivity contribution in [2.24, 2.45) is 10.7 Å². The van der Waals surface area contributed by atoms with Crippen LogP contribution in [-0.2, 0) is 0 Å². The maximum atomic E-state index is 6.15. The van der Waals surface area contributed by atoms with Gasteiger partial charge in [0.1, 0.15) is 17.2 Å². The molecule has 2 heterocycles. The van der Waals surface area contributed by atoms with E-state index in [9.17, 15) is 0 Å². The number of ether oxygens (including phenoxy) is 3. The Kier molecular flexibility index (Phi) is 7.18. The van der Waals surface area contributed by atoms with Gasteiger partial charge in [-0.25, -0.2) is 4.98 Å². The monoisotopic (exact) mass is 405 g/mol. The summed E-state index contributed by atoms with van der Waals surface area (Å²) in [6.07, 6.45) is 2.62. The molecule has 152 valence electrons. The zero-order valence-electron chi connectivity index (χ0n) is 16.3. The van der Waals surface area contributed by atoms with Crippen molar-refractivity contribution in [2.75, 3.05) is 58.5 Å². The minimum Gasteiger partial charge on any atom is -0.496 e. The number of benzene rings is 1. The first-order chi connectivity index (χ1) is 13.7. The van der Waals surface area contributed by atoms with E-state index in [1.165, 1.54) is 0 Å². The smallest absolute Gasteiger partial charge is 0.191 e. The number of nitrogens with two attached hydrogens (primary N) is 1. The summed E-state index contributed by atoms with van der Waals surface area (Å²) < 4.78 is 16.3. The maximum Gasteiger partial charge on any atom is 0.191 e. The van der Waals surface area contributed by atoms with Crippen LogP contribution in [0.3, 0.4) is 0 Å². The van der Waals surface area contributed by atoms with E-state index in [0.29, 0.717) is 36.4 Å². The second-order valence-electron chi connectivity index (χ2n) is 6.28. The van der Waals surface area contributed by atoms with E-state index in [0.717, 1.165) is 37.7 Å². The third-order valence-corrected chi connectivity index (χ3v) is 5.30. The van der Waals surface area contributed by atoms with Crippen molar-refractivity contribution in [1.29, 1.82) is 0 Å². The number of hydrogen-bond donors (Lipinski definition) is 1. The molecule has 9 heteroatoms. The first kappa shape index (κ1) is 20.1. The van der Waals surface area contributed by atoms with E-state index in [1.54, 1.807) is 25.6 Å². The second-order valence-corrected chi connectivity index (χ2v) is 7.15. The average Bonchev–Trinajstić information content (AvgIpc) is 3.28. The fraction of sp³-hybridized carbons (Fsp3) is 0.474. The van der Waals surface area contributed by atoms with E-state index in [1.807, 2.05) is 29.8 Å². The highest BCUT2D eigenvalue weighted by Gasteiger charge is 2.19. The molecule has 2 aromatic rings. The van der Waals surface area contributed by atoms with Gasteiger partial charge in [-0.15, -0.1) is 11.3 Å². The van der Waals surface area contributed by atoms with Crippen molar-refractivity contribution in [3.63, 3.8) is 0 Å². The number of anilines is 1. The molecule has 1 fully saturated rings. The standard InChI is InChI=1S/C19H27N5O3S/c1-25-15-12-16(26-2)14-17(13-15)27-10-3-4-21-18(20)23-6-8-24(9-7-23)19-22-5-11-28-19/h5,11-14H,3-4,6-10H2,1-2H3,(H2,20,21). The molecule has 8 nitrogen and oxygen atoms in total. The van der Waals surface area contributed by atoms with Gasteiger partial charge in [-0.2, -0.15) is 0 Å². The van der Waals surface area contributed by atoms with Gasteiger partial charge in [0.25, 0.3) is 0 Å². The average molecular weight is 406 g/mol. The molecule has 0 spiro atoms. The van der Waals surface area contributed by atoms with Gasteiger partial charge in [0, 0.05) is 68.9 Å². The Morgan fingerprint density at radius 1 is 1.11 bits per heavy atom. The van der Waals surface area contributed by atoms with Gasteiger partial charge in [-0.3, -0.25) is 4.99 Å². The van der Waals surface area contributed by atoms with E-state index >= 15 is 0 Å². The van der Waals surface area contributed by atoms with Crippen LogP contribution in [0.5, 0.6) is 17.2 Å². The lowest BCUT2D eigenvalue weighted by Crippen LogP contribution is -2.51. The molecule has 1 saturated heterocycles. The molecule has 1 aliphatic heterocycles. The summed E-state index contributed by atoms with van der Waals surface area (Å²) in [5, 5.41) is 3.07. The summed E-state index contributed by atoms with van der Waals surface area (Å²) in [6.45, 7) is 4.70. The van der Waals surface area contributed by atoms with Crippen LogP contribution in [0, 0.1) is 0 Å². The summed E-state index contributed by atoms with van der Waals surface area (Å²) in [5.74, 6) is 2.72. The fourth-order valence-electron chi connectivity index (χ4n) is 2.91. The Morgan fingerprint density at radius 2 is 1.79 bits per heavy atom. The number of rotatable bonds is 8. The Balaban J connectivity index is 1.39. The van der Waals surface area contributed by atoms with Crippen LogP contribution in [0.25, 0.3) is 0 Å². The first-order valence-electron chi connectivity index (χ1n) is 9.25. The molecule has 2 N–H and O–H groups in total. The normalized spacial score (nSPS) is 14.9. The molecule has 1 aliphatic rings. The minimum atomic E-state index is 0.547. The largest absolute Gasteiger partial charge is 0.496 e. The lowest BCUT2D eigenvalue weighted by molar-refractivity contribution is 0.307. The molecule has 0 unspecified atom stereocenters. The van der Waals surface area contributed by atoms with E-state index < -0.39 is 0 Å². The van der Waals surface area contributed by atoms with Gasteiger partial charge in [-0.1, -0.05) is 0 Å². The number of aliphatic imine (C=N–C) groups is 1. The third kappa shape index (κ3) is 5.41. The van der Waals surface area contributed by atoms with Crippen molar-refractivity contribution in [3.05, 3.63) is 29.8 Å². The van der Waals surface area contributed by atoms with Crippen LogP contribution in [0.15, 0.2) is 34.8 Å². The molecule has 0 radical (unpaired) electrons. The zero-order chi connectivity index (χ0) is 19.8. The summed E-state index contributed by atoms with van der Waals surface area (Å²) in [6, 6.07) is 5.48. The lowest BCUT2D eigenvalue weighted by atomic mass is 10.3. The van der Waals surface area contributed by atoms with Crippen LogP contribution in [0.1, 0.15) is 6.42 Å². The van der Waals surface area contributed by atoms with Crippen molar-refractivity contribution in [2.45, 2.75) is 6.42 Å². The maximum absolute atomic E-state index is 6.15. The van der Waals surface area contributed by atoms with Gasteiger partial charge in [0.2, 0.25) is 0 Å². The minimum absolute atomic E-state index is 0.547. The second kappa shape index (κ2) is 10.0. The van der Waals surface area contributed by atoms with Crippen LogP contribution in [-0.4, -0.2) is 69.4 Å². The predicted molar refractivity (Wildman–Crippen MR) is 112 cm³/mol. The number of piperazine rings is 1. The van der Waals surface area contributed by atoms with Gasteiger partial charge in [-0.05, 0) is 0 Å². The summed E-state index contributed by atoms with van der Waals surface area (Å²) >= 11 is 1.67. The highest BCUT2D eigenvalue weighted by Crippen LogP contribution is 2.27. The topological polar surface area (TPSA) is 85.4 Å². The fourth-order valence-corrected chi connectivity index (χ4v) is 3.61. The Labute approximate surface area is 169 Å². The molecule has 28 heavy (non-hydrogen) atoms. The summed E-state index contributed by atoms with van der Waals surface area (Å²) in [5.41, 5.74) is 6.15. The molecular formula is C19H27N5O3S. The number of aromatic nitrogens is 1. The predicted octanol–water partition coefficient (Wildman–Crippen LogP) is 2.07.